The molecule has 3 aliphatic rings. The Morgan fingerprint density at radius 3 is 2.34 bits per heavy atom. The predicted octanol–water partition coefficient (Wildman–Crippen LogP) is 3.22. The Labute approximate surface area is 218 Å². The number of hydrogen-bond acceptors (Lipinski definition) is 6. The SMILES string of the molecule is COc1ccc(S(C)(=O)=O)cc1C(=O)N1[C@@H](C(=O)N[C@@H](c2ccc(C(F)(F)F)cc2)C2COC2)C[C@H]2C[C@H]21. The fourth-order valence-corrected chi connectivity index (χ4v) is 5.90. The molecule has 12 heteroatoms. The lowest BCUT2D eigenvalue weighted by Crippen LogP contribution is -2.51. The molecule has 2 aromatic carbocycles. The van der Waals surface area contributed by atoms with E-state index < -0.39 is 45.5 Å². The Kier molecular flexibility index (Phi) is 6.67. The highest BCUT2D eigenvalue weighted by Gasteiger charge is 2.56. The van der Waals surface area contributed by atoms with E-state index in [9.17, 15) is 31.2 Å². The zero-order chi connectivity index (χ0) is 27.4. The number of piperidine rings is 1. The van der Waals surface area contributed by atoms with Crippen LogP contribution in [0.3, 0.4) is 0 Å². The Balaban J connectivity index is 1.40. The van der Waals surface area contributed by atoms with E-state index in [2.05, 4.69) is 5.32 Å². The molecule has 2 saturated heterocycles. The highest BCUT2D eigenvalue weighted by atomic mass is 32.2. The topological polar surface area (TPSA) is 102 Å². The van der Waals surface area contributed by atoms with E-state index in [0.29, 0.717) is 25.2 Å². The molecule has 1 aliphatic carbocycles. The molecule has 0 aromatic heterocycles. The molecular formula is C26H27F3N2O6S. The van der Waals surface area contributed by atoms with Gasteiger partial charge >= 0.3 is 6.18 Å². The van der Waals surface area contributed by atoms with Gasteiger partial charge in [0, 0.05) is 18.2 Å². The van der Waals surface area contributed by atoms with Crippen molar-refractivity contribution in [3.63, 3.8) is 0 Å². The Morgan fingerprint density at radius 1 is 1.11 bits per heavy atom. The van der Waals surface area contributed by atoms with Gasteiger partial charge < -0.3 is 19.7 Å². The van der Waals surface area contributed by atoms with Crippen molar-refractivity contribution in [2.75, 3.05) is 26.6 Å². The number of rotatable bonds is 7. The molecule has 1 N–H and O–H groups in total. The number of carbonyl (C=O) groups excluding carboxylic acids is 2. The molecular weight excluding hydrogens is 525 g/mol. The molecule has 1 saturated carbocycles. The molecule has 5 rings (SSSR count). The lowest BCUT2D eigenvalue weighted by molar-refractivity contribution is -0.137. The van der Waals surface area contributed by atoms with Gasteiger partial charge in [0.1, 0.15) is 11.8 Å². The van der Waals surface area contributed by atoms with Crippen LogP contribution in [-0.4, -0.2) is 63.8 Å². The maximum absolute atomic E-state index is 13.7. The average Bonchev–Trinajstić information content (AvgIpc) is 3.49. The first-order chi connectivity index (χ1) is 17.9. The summed E-state index contributed by atoms with van der Waals surface area (Å²) in [5.74, 6) is -0.700. The van der Waals surface area contributed by atoms with Crippen molar-refractivity contribution >= 4 is 21.7 Å². The summed E-state index contributed by atoms with van der Waals surface area (Å²) in [5.41, 5.74) is -0.218. The molecule has 38 heavy (non-hydrogen) atoms. The van der Waals surface area contributed by atoms with Gasteiger partial charge in [0.25, 0.3) is 5.91 Å². The van der Waals surface area contributed by atoms with Gasteiger partial charge in [-0.1, -0.05) is 12.1 Å². The van der Waals surface area contributed by atoms with E-state index in [-0.39, 0.29) is 34.1 Å². The number of hydrogen-bond donors (Lipinski definition) is 1. The summed E-state index contributed by atoms with van der Waals surface area (Å²) in [5, 5.41) is 2.96. The van der Waals surface area contributed by atoms with Gasteiger partial charge in [0.05, 0.1) is 42.4 Å². The van der Waals surface area contributed by atoms with Crippen molar-refractivity contribution in [2.24, 2.45) is 11.8 Å². The maximum Gasteiger partial charge on any atom is 0.416 e. The van der Waals surface area contributed by atoms with Crippen LogP contribution in [0.4, 0.5) is 13.2 Å². The van der Waals surface area contributed by atoms with Gasteiger partial charge in [-0.15, -0.1) is 0 Å². The zero-order valence-corrected chi connectivity index (χ0v) is 21.5. The average molecular weight is 553 g/mol. The minimum absolute atomic E-state index is 0.0402. The molecule has 8 nitrogen and oxygen atoms in total. The van der Waals surface area contributed by atoms with E-state index in [1.54, 1.807) is 0 Å². The Bertz CT molecular complexity index is 1360. The first kappa shape index (κ1) is 26.5. The number of nitrogens with zero attached hydrogens (tertiary/aromatic N) is 1. The lowest BCUT2D eigenvalue weighted by Gasteiger charge is -2.36. The van der Waals surface area contributed by atoms with Gasteiger partial charge in [0.15, 0.2) is 9.84 Å². The molecule has 0 radical (unpaired) electrons. The van der Waals surface area contributed by atoms with Gasteiger partial charge in [-0.2, -0.15) is 13.2 Å². The summed E-state index contributed by atoms with van der Waals surface area (Å²) in [6.07, 6.45) is -2.25. The number of fused-ring (bicyclic) bond motifs is 1. The number of nitrogens with one attached hydrogen (secondary N) is 1. The summed E-state index contributed by atoms with van der Waals surface area (Å²) < 4.78 is 73.9. The number of likely N-dealkylation sites (tertiary alicyclic amines) is 1. The summed E-state index contributed by atoms with van der Waals surface area (Å²) in [6.45, 7) is 0.694. The summed E-state index contributed by atoms with van der Waals surface area (Å²) in [7, 11) is -2.22. The number of halogens is 3. The number of sulfone groups is 1. The van der Waals surface area contributed by atoms with Crippen LogP contribution >= 0.6 is 0 Å². The predicted molar refractivity (Wildman–Crippen MR) is 129 cm³/mol. The second-order valence-corrected chi connectivity index (χ2v) is 12.1. The largest absolute Gasteiger partial charge is 0.496 e. The second kappa shape index (κ2) is 9.57. The van der Waals surface area contributed by atoms with Crippen LogP contribution in [0.5, 0.6) is 5.75 Å². The van der Waals surface area contributed by atoms with E-state index >= 15 is 0 Å². The fourth-order valence-electron chi connectivity index (χ4n) is 5.26. The van der Waals surface area contributed by atoms with Crippen LogP contribution in [0.1, 0.15) is 40.4 Å². The molecule has 2 heterocycles. The molecule has 0 bridgehead atoms. The van der Waals surface area contributed by atoms with Crippen LogP contribution < -0.4 is 10.1 Å². The first-order valence-electron chi connectivity index (χ1n) is 12.1. The first-order valence-corrected chi connectivity index (χ1v) is 14.0. The third-order valence-electron chi connectivity index (χ3n) is 7.50. The van der Waals surface area contributed by atoms with Crippen molar-refractivity contribution in [1.29, 1.82) is 0 Å². The van der Waals surface area contributed by atoms with Gasteiger partial charge in [-0.05, 0) is 54.7 Å². The number of amides is 2. The van der Waals surface area contributed by atoms with Crippen molar-refractivity contribution in [1.82, 2.24) is 10.2 Å². The molecule has 4 atom stereocenters. The molecule has 204 valence electrons. The van der Waals surface area contributed by atoms with Crippen LogP contribution in [0.15, 0.2) is 47.4 Å². The highest BCUT2D eigenvalue weighted by Crippen LogP contribution is 2.49. The van der Waals surface area contributed by atoms with Crippen LogP contribution in [0.2, 0.25) is 0 Å². The maximum atomic E-state index is 13.7. The van der Waals surface area contributed by atoms with Crippen LogP contribution in [0, 0.1) is 11.8 Å². The zero-order valence-electron chi connectivity index (χ0n) is 20.7. The minimum atomic E-state index is -4.47. The molecule has 0 unspecified atom stereocenters. The van der Waals surface area contributed by atoms with Crippen molar-refractivity contribution < 1.29 is 40.7 Å². The van der Waals surface area contributed by atoms with Crippen molar-refractivity contribution in [3.05, 3.63) is 59.2 Å². The summed E-state index contributed by atoms with van der Waals surface area (Å²) in [6, 6.07) is 7.15. The lowest BCUT2D eigenvalue weighted by atomic mass is 9.90. The molecule has 3 fully saturated rings. The molecule has 2 aromatic rings. The number of ether oxygens (including phenoxy) is 2. The highest BCUT2D eigenvalue weighted by molar-refractivity contribution is 7.90. The third-order valence-corrected chi connectivity index (χ3v) is 8.61. The number of carbonyl (C=O) groups is 2. The van der Waals surface area contributed by atoms with Crippen molar-refractivity contribution in [3.8, 4) is 5.75 Å². The quantitative estimate of drug-likeness (QED) is 0.566. The number of alkyl halides is 3. The monoisotopic (exact) mass is 552 g/mol. The van der Waals surface area contributed by atoms with Crippen molar-refractivity contribution in [2.45, 2.75) is 42.0 Å². The van der Waals surface area contributed by atoms with E-state index in [0.717, 1.165) is 24.8 Å². The van der Waals surface area contributed by atoms with Crippen LogP contribution in [-0.2, 0) is 25.5 Å². The summed E-state index contributed by atoms with van der Waals surface area (Å²) >= 11 is 0. The number of benzene rings is 2. The van der Waals surface area contributed by atoms with Gasteiger partial charge in [-0.25, -0.2) is 8.42 Å². The molecule has 2 amide bonds. The number of methoxy groups -OCH3 is 1. The standard InChI is InChI=1S/C26H27F3N2O6S/c1-36-22-8-7-18(38(2,34)35)11-19(22)25(33)31-20-9-15(20)10-21(31)24(32)30-23(16-12-37-13-16)14-3-5-17(6-4-14)26(27,28)29/h3-8,11,15-16,20-21,23H,9-10,12-13H2,1-2H3,(H,30,32)/t15-,20-,21-,23+/m1/s1. The summed E-state index contributed by atoms with van der Waals surface area (Å²) in [4.78, 5) is 28.7. The fraction of sp³-hybridized carbons (Fsp3) is 0.462. The van der Waals surface area contributed by atoms with Gasteiger partial charge in [0.2, 0.25) is 5.91 Å². The van der Waals surface area contributed by atoms with Gasteiger partial charge in [-0.3, -0.25) is 9.59 Å². The minimum Gasteiger partial charge on any atom is -0.496 e. The third kappa shape index (κ3) is 4.98. The second-order valence-electron chi connectivity index (χ2n) is 10.1. The molecule has 2 aliphatic heterocycles. The molecule has 0 spiro atoms. The van der Waals surface area contributed by atoms with E-state index in [4.69, 9.17) is 9.47 Å². The smallest absolute Gasteiger partial charge is 0.416 e. The van der Waals surface area contributed by atoms with E-state index in [1.807, 2.05) is 0 Å². The normalized spacial score (nSPS) is 23.8. The Hall–Kier alpha value is -3.12. The van der Waals surface area contributed by atoms with Crippen LogP contribution in [0.25, 0.3) is 0 Å². The van der Waals surface area contributed by atoms with E-state index in [1.165, 1.54) is 42.3 Å². The Morgan fingerprint density at radius 2 is 1.79 bits per heavy atom.